The second-order valence-electron chi connectivity index (χ2n) is 8.60. The van der Waals surface area contributed by atoms with E-state index in [1.54, 1.807) is 7.11 Å². The number of likely N-dealkylation sites (tertiary alicyclic amines) is 1. The lowest BCUT2D eigenvalue weighted by Crippen LogP contribution is -2.36. The Balaban J connectivity index is 1.30. The number of methoxy groups -OCH3 is 1. The van der Waals surface area contributed by atoms with E-state index in [-0.39, 0.29) is 0 Å². The molecular weight excluding hydrogens is 404 g/mol. The molecule has 3 N–H and O–H groups in total. The highest BCUT2D eigenvalue weighted by atomic mass is 16.5. The molecule has 1 saturated heterocycles. The minimum atomic E-state index is 0.305. The van der Waals surface area contributed by atoms with Gasteiger partial charge in [0.15, 0.2) is 11.6 Å². The number of anilines is 3. The van der Waals surface area contributed by atoms with Gasteiger partial charge in [0.05, 0.1) is 6.61 Å². The van der Waals surface area contributed by atoms with Gasteiger partial charge in [0.2, 0.25) is 0 Å². The number of nitrogen functional groups attached to an aromatic ring is 1. The zero-order chi connectivity index (χ0) is 22.2. The van der Waals surface area contributed by atoms with Crippen LogP contribution in [0.1, 0.15) is 32.1 Å². The Morgan fingerprint density at radius 2 is 2.03 bits per heavy atom. The van der Waals surface area contributed by atoms with Crippen molar-refractivity contribution in [3.8, 4) is 6.01 Å². The Labute approximate surface area is 191 Å². The summed E-state index contributed by atoms with van der Waals surface area (Å²) in [5.41, 5.74) is 9.90. The van der Waals surface area contributed by atoms with Crippen LogP contribution in [0.3, 0.4) is 0 Å². The third-order valence-electron chi connectivity index (χ3n) is 6.20. The number of ether oxygens (including phenoxy) is 2. The highest BCUT2D eigenvalue weighted by Gasteiger charge is 2.22. The van der Waals surface area contributed by atoms with E-state index in [2.05, 4.69) is 49.4 Å². The van der Waals surface area contributed by atoms with Crippen LogP contribution in [0, 0.1) is 0 Å². The molecule has 1 fully saturated rings. The maximum absolute atomic E-state index is 6.16. The SMILES string of the molecule is COCCOc1nc(N)c2c(n1)N(CCCC1=CC=CC(CN3CCCC3)=CC1)CCN2. The Morgan fingerprint density at radius 3 is 2.88 bits per heavy atom. The molecule has 0 radical (unpaired) electrons. The molecule has 1 aromatic heterocycles. The van der Waals surface area contributed by atoms with Crippen LogP contribution in [-0.4, -0.2) is 74.5 Å². The van der Waals surface area contributed by atoms with Crippen molar-refractivity contribution in [1.82, 2.24) is 14.9 Å². The smallest absolute Gasteiger partial charge is 0.320 e. The molecule has 0 saturated carbocycles. The predicted molar refractivity (Wildman–Crippen MR) is 129 cm³/mol. The molecule has 3 heterocycles. The van der Waals surface area contributed by atoms with Gasteiger partial charge in [0.1, 0.15) is 12.3 Å². The fourth-order valence-corrected chi connectivity index (χ4v) is 4.47. The molecular formula is C24H36N6O2. The number of rotatable bonds is 10. The van der Waals surface area contributed by atoms with E-state index >= 15 is 0 Å². The Morgan fingerprint density at radius 1 is 1.16 bits per heavy atom. The van der Waals surface area contributed by atoms with Gasteiger partial charge in [-0.1, -0.05) is 29.9 Å². The molecule has 174 valence electrons. The van der Waals surface area contributed by atoms with Crippen LogP contribution in [0.4, 0.5) is 17.3 Å². The van der Waals surface area contributed by atoms with Crippen LogP contribution in [0.15, 0.2) is 35.5 Å². The zero-order valence-corrected chi connectivity index (χ0v) is 19.2. The number of aromatic nitrogens is 2. The molecule has 0 bridgehead atoms. The van der Waals surface area contributed by atoms with Crippen molar-refractivity contribution in [3.05, 3.63) is 35.5 Å². The molecule has 32 heavy (non-hydrogen) atoms. The minimum Gasteiger partial charge on any atom is -0.461 e. The molecule has 0 aromatic carbocycles. The van der Waals surface area contributed by atoms with Crippen molar-refractivity contribution in [2.45, 2.75) is 32.1 Å². The fourth-order valence-electron chi connectivity index (χ4n) is 4.47. The Hall–Kier alpha value is -2.58. The maximum atomic E-state index is 6.16. The van der Waals surface area contributed by atoms with Crippen molar-refractivity contribution < 1.29 is 9.47 Å². The van der Waals surface area contributed by atoms with Crippen molar-refractivity contribution in [1.29, 1.82) is 0 Å². The molecule has 1 aliphatic carbocycles. The van der Waals surface area contributed by atoms with Crippen LogP contribution in [0.2, 0.25) is 0 Å². The maximum Gasteiger partial charge on any atom is 0.320 e. The van der Waals surface area contributed by atoms with Gasteiger partial charge in [-0.15, -0.1) is 0 Å². The summed E-state index contributed by atoms with van der Waals surface area (Å²) in [7, 11) is 1.64. The van der Waals surface area contributed by atoms with Crippen LogP contribution < -0.4 is 20.7 Å². The van der Waals surface area contributed by atoms with Gasteiger partial charge < -0.3 is 25.4 Å². The van der Waals surface area contributed by atoms with Crippen molar-refractivity contribution in [2.75, 3.05) is 75.5 Å². The average molecular weight is 441 g/mol. The molecule has 1 aromatic rings. The fraction of sp³-hybridized carbons (Fsp3) is 0.583. The van der Waals surface area contributed by atoms with E-state index in [1.165, 1.54) is 37.1 Å². The first-order chi connectivity index (χ1) is 15.7. The quantitative estimate of drug-likeness (QED) is 0.537. The molecule has 8 nitrogen and oxygen atoms in total. The van der Waals surface area contributed by atoms with E-state index in [4.69, 9.17) is 15.2 Å². The zero-order valence-electron chi connectivity index (χ0n) is 19.2. The Bertz CT molecular complexity index is 860. The largest absolute Gasteiger partial charge is 0.461 e. The standard InChI is InChI=1S/C24H36N6O2/c1-31-16-17-32-24-27-22(25)21-23(28-24)30(15-11-26-21)14-5-8-19-6-4-7-20(10-9-19)18-29-12-2-3-13-29/h4,6-7,10,26H,2-3,5,8-9,11-18H2,1H3,(H2,25,27,28). The van der Waals surface area contributed by atoms with Crippen LogP contribution in [-0.2, 0) is 4.74 Å². The average Bonchev–Trinajstić information content (AvgIpc) is 3.20. The lowest BCUT2D eigenvalue weighted by molar-refractivity contribution is 0.141. The number of hydrogen-bond acceptors (Lipinski definition) is 8. The molecule has 0 spiro atoms. The number of nitrogens with one attached hydrogen (secondary N) is 1. The third-order valence-corrected chi connectivity index (χ3v) is 6.20. The summed E-state index contributed by atoms with van der Waals surface area (Å²) in [5, 5.41) is 3.33. The first-order valence-electron chi connectivity index (χ1n) is 11.8. The van der Waals surface area contributed by atoms with Gasteiger partial charge in [-0.2, -0.15) is 9.97 Å². The van der Waals surface area contributed by atoms with Crippen molar-refractivity contribution in [3.63, 3.8) is 0 Å². The lowest BCUT2D eigenvalue weighted by atomic mass is 10.1. The predicted octanol–water partition coefficient (Wildman–Crippen LogP) is 3.00. The van der Waals surface area contributed by atoms with Gasteiger partial charge in [-0.25, -0.2) is 0 Å². The molecule has 8 heteroatoms. The topological polar surface area (TPSA) is 88.8 Å². The second-order valence-corrected chi connectivity index (χ2v) is 8.60. The van der Waals surface area contributed by atoms with Crippen LogP contribution >= 0.6 is 0 Å². The van der Waals surface area contributed by atoms with E-state index in [9.17, 15) is 0 Å². The summed E-state index contributed by atoms with van der Waals surface area (Å²) in [5.74, 6) is 1.26. The molecule has 0 atom stereocenters. The first kappa shape index (κ1) is 22.6. The van der Waals surface area contributed by atoms with E-state index in [0.29, 0.717) is 25.0 Å². The summed E-state index contributed by atoms with van der Waals surface area (Å²) < 4.78 is 10.6. The summed E-state index contributed by atoms with van der Waals surface area (Å²) in [4.78, 5) is 13.7. The van der Waals surface area contributed by atoms with Gasteiger partial charge in [-0.3, -0.25) is 4.90 Å². The molecule has 0 amide bonds. The van der Waals surface area contributed by atoms with Gasteiger partial charge in [0, 0.05) is 33.3 Å². The summed E-state index contributed by atoms with van der Waals surface area (Å²) >= 11 is 0. The summed E-state index contributed by atoms with van der Waals surface area (Å²) in [6.45, 7) is 7.10. The molecule has 4 rings (SSSR count). The van der Waals surface area contributed by atoms with Gasteiger partial charge >= 0.3 is 6.01 Å². The number of nitrogens with zero attached hydrogens (tertiary/aromatic N) is 4. The number of hydrogen-bond donors (Lipinski definition) is 2. The highest BCUT2D eigenvalue weighted by molar-refractivity contribution is 5.78. The normalized spacial score (nSPS) is 18.6. The number of fused-ring (bicyclic) bond motifs is 1. The lowest BCUT2D eigenvalue weighted by Gasteiger charge is -2.31. The van der Waals surface area contributed by atoms with E-state index in [1.807, 2.05) is 0 Å². The number of allylic oxidation sites excluding steroid dienone is 4. The van der Waals surface area contributed by atoms with Crippen LogP contribution in [0.5, 0.6) is 6.01 Å². The monoisotopic (exact) mass is 440 g/mol. The Kier molecular flexibility index (Phi) is 8.01. The molecule has 3 aliphatic rings. The van der Waals surface area contributed by atoms with E-state index in [0.717, 1.165) is 56.9 Å². The first-order valence-corrected chi connectivity index (χ1v) is 11.8. The minimum absolute atomic E-state index is 0.305. The highest BCUT2D eigenvalue weighted by Crippen LogP contribution is 2.33. The number of nitrogens with two attached hydrogens (primary N) is 1. The second kappa shape index (κ2) is 11.3. The molecule has 0 unspecified atom stereocenters. The van der Waals surface area contributed by atoms with Gasteiger partial charge in [-0.05, 0) is 50.8 Å². The summed E-state index contributed by atoms with van der Waals surface area (Å²) in [6.07, 6.45) is 15.1. The summed E-state index contributed by atoms with van der Waals surface area (Å²) in [6, 6.07) is 0.305. The van der Waals surface area contributed by atoms with Crippen molar-refractivity contribution >= 4 is 17.3 Å². The molecule has 2 aliphatic heterocycles. The van der Waals surface area contributed by atoms with Gasteiger partial charge in [0.25, 0.3) is 0 Å². The third kappa shape index (κ3) is 6.01. The van der Waals surface area contributed by atoms with Crippen molar-refractivity contribution in [2.24, 2.45) is 0 Å². The van der Waals surface area contributed by atoms with E-state index < -0.39 is 0 Å². The van der Waals surface area contributed by atoms with Crippen LogP contribution in [0.25, 0.3) is 0 Å².